The number of benzene rings is 1. The molecule has 1 aromatic rings. The molecule has 0 amide bonds. The quantitative estimate of drug-likeness (QED) is 0.435. The SMILES string of the molecule is CC(=O)O[C@H]1[C@H](OCc2ccccc2)O[C@H](CO[Si](C)(C)C(C)(C)C)[C@@H]2OC(C)(C)O[C@@H]21. The van der Waals surface area contributed by atoms with E-state index in [-0.39, 0.29) is 5.04 Å². The van der Waals surface area contributed by atoms with E-state index in [4.69, 9.17) is 28.1 Å². The number of ether oxygens (including phenoxy) is 5. The monoisotopic (exact) mass is 466 g/mol. The molecule has 2 aliphatic heterocycles. The predicted molar refractivity (Wildman–Crippen MR) is 122 cm³/mol. The molecule has 2 fully saturated rings. The van der Waals surface area contributed by atoms with Gasteiger partial charge in [0.25, 0.3) is 0 Å². The summed E-state index contributed by atoms with van der Waals surface area (Å²) in [5.41, 5.74) is 0.998. The fraction of sp³-hybridized carbons (Fsp3) is 0.708. The fourth-order valence-corrected chi connectivity index (χ4v) is 4.70. The molecule has 0 spiro atoms. The molecule has 2 heterocycles. The van der Waals surface area contributed by atoms with Crippen LogP contribution in [-0.4, -0.2) is 57.4 Å². The number of esters is 1. The second-order valence-electron chi connectivity index (χ2n) is 10.5. The Balaban J connectivity index is 1.81. The molecule has 7 nitrogen and oxygen atoms in total. The van der Waals surface area contributed by atoms with Crippen molar-refractivity contribution >= 4 is 14.3 Å². The van der Waals surface area contributed by atoms with Crippen LogP contribution < -0.4 is 0 Å². The van der Waals surface area contributed by atoms with E-state index in [1.54, 1.807) is 0 Å². The minimum absolute atomic E-state index is 0.0663. The van der Waals surface area contributed by atoms with Crippen LogP contribution in [0, 0.1) is 0 Å². The Bertz CT molecular complexity index is 774. The molecule has 32 heavy (non-hydrogen) atoms. The van der Waals surface area contributed by atoms with Crippen molar-refractivity contribution in [2.45, 2.75) is 103 Å². The van der Waals surface area contributed by atoms with Crippen molar-refractivity contribution in [3.63, 3.8) is 0 Å². The van der Waals surface area contributed by atoms with Gasteiger partial charge in [0.2, 0.25) is 0 Å². The highest BCUT2D eigenvalue weighted by atomic mass is 28.4. The average Bonchev–Trinajstić information content (AvgIpc) is 3.01. The third-order valence-electron chi connectivity index (χ3n) is 6.40. The minimum atomic E-state index is -2.01. The van der Waals surface area contributed by atoms with Gasteiger partial charge in [-0.05, 0) is 37.5 Å². The molecule has 180 valence electrons. The first kappa shape index (κ1) is 25.3. The van der Waals surface area contributed by atoms with Gasteiger partial charge < -0.3 is 28.1 Å². The standard InChI is InChI=1S/C24H38O7Si/c1-16(25)28-21-20-19(30-24(5,6)31-20)18(15-27-32(7,8)23(2,3)4)29-22(21)26-14-17-12-10-9-11-13-17/h9-13,18-22H,14-15H2,1-8H3/t18-,19+,20+,21-,22-/m1/s1. The zero-order valence-corrected chi connectivity index (χ0v) is 21.5. The molecule has 0 radical (unpaired) electrons. The zero-order chi connectivity index (χ0) is 23.7. The number of carbonyl (C=O) groups is 1. The first-order valence-electron chi connectivity index (χ1n) is 11.3. The molecule has 2 aliphatic rings. The maximum atomic E-state index is 11.9. The highest BCUT2D eigenvalue weighted by molar-refractivity contribution is 6.74. The maximum absolute atomic E-state index is 11.9. The van der Waals surface area contributed by atoms with Gasteiger partial charge in [-0.3, -0.25) is 4.79 Å². The van der Waals surface area contributed by atoms with Crippen LogP contribution in [0.3, 0.4) is 0 Å². The van der Waals surface area contributed by atoms with Gasteiger partial charge in [-0.1, -0.05) is 51.1 Å². The number of carbonyl (C=O) groups excluding carboxylic acids is 1. The van der Waals surface area contributed by atoms with Crippen LogP contribution in [0.15, 0.2) is 30.3 Å². The van der Waals surface area contributed by atoms with Gasteiger partial charge in [0, 0.05) is 6.92 Å². The topological polar surface area (TPSA) is 72.5 Å². The van der Waals surface area contributed by atoms with E-state index >= 15 is 0 Å². The van der Waals surface area contributed by atoms with Crippen molar-refractivity contribution in [1.29, 1.82) is 0 Å². The fourth-order valence-electron chi connectivity index (χ4n) is 3.68. The van der Waals surface area contributed by atoms with Crippen LogP contribution >= 0.6 is 0 Å². The van der Waals surface area contributed by atoms with Crippen molar-refractivity contribution in [2.24, 2.45) is 0 Å². The molecule has 1 aromatic carbocycles. The first-order valence-corrected chi connectivity index (χ1v) is 14.2. The largest absolute Gasteiger partial charge is 0.454 e. The Morgan fingerprint density at radius 1 is 1.09 bits per heavy atom. The van der Waals surface area contributed by atoms with Crippen molar-refractivity contribution in [1.82, 2.24) is 0 Å². The van der Waals surface area contributed by atoms with Crippen LogP contribution in [0.25, 0.3) is 0 Å². The second kappa shape index (κ2) is 9.52. The predicted octanol–water partition coefficient (Wildman–Crippen LogP) is 4.40. The summed E-state index contributed by atoms with van der Waals surface area (Å²) in [6, 6.07) is 9.80. The number of rotatable bonds is 7. The Labute approximate surface area is 192 Å². The normalized spacial score (nSPS) is 30.1. The molecule has 0 unspecified atom stereocenters. The molecule has 5 atom stereocenters. The van der Waals surface area contributed by atoms with Gasteiger partial charge in [-0.15, -0.1) is 0 Å². The van der Waals surface area contributed by atoms with Crippen LogP contribution in [-0.2, 0) is 39.5 Å². The summed E-state index contributed by atoms with van der Waals surface area (Å²) >= 11 is 0. The van der Waals surface area contributed by atoms with E-state index in [1.165, 1.54) is 6.92 Å². The number of fused-ring (bicyclic) bond motifs is 1. The van der Waals surface area contributed by atoms with Crippen LogP contribution in [0.5, 0.6) is 0 Å². The van der Waals surface area contributed by atoms with Crippen LogP contribution in [0.2, 0.25) is 18.1 Å². The molecule has 3 rings (SSSR count). The van der Waals surface area contributed by atoms with E-state index in [2.05, 4.69) is 33.9 Å². The molecule has 0 bridgehead atoms. The van der Waals surface area contributed by atoms with Crippen LogP contribution in [0.4, 0.5) is 0 Å². The summed E-state index contributed by atoms with van der Waals surface area (Å²) in [6.45, 7) is 16.7. The molecule has 2 saturated heterocycles. The van der Waals surface area contributed by atoms with Crippen molar-refractivity contribution in [3.8, 4) is 0 Å². The number of hydrogen-bond acceptors (Lipinski definition) is 7. The first-order chi connectivity index (χ1) is 14.8. The highest BCUT2D eigenvalue weighted by Crippen LogP contribution is 2.41. The van der Waals surface area contributed by atoms with Crippen molar-refractivity contribution < 1.29 is 32.9 Å². The molecule has 0 saturated carbocycles. The van der Waals surface area contributed by atoms with Gasteiger partial charge in [0.15, 0.2) is 26.5 Å². The lowest BCUT2D eigenvalue weighted by atomic mass is 9.99. The summed E-state index contributed by atoms with van der Waals surface area (Å²) in [4.78, 5) is 11.9. The van der Waals surface area contributed by atoms with E-state index in [1.807, 2.05) is 44.2 Å². The molecule has 0 N–H and O–H groups in total. The van der Waals surface area contributed by atoms with E-state index in [0.717, 1.165) is 5.56 Å². The van der Waals surface area contributed by atoms with Crippen molar-refractivity contribution in [2.75, 3.05) is 6.61 Å². The zero-order valence-electron chi connectivity index (χ0n) is 20.5. The van der Waals surface area contributed by atoms with E-state index in [9.17, 15) is 4.79 Å². The van der Waals surface area contributed by atoms with Crippen molar-refractivity contribution in [3.05, 3.63) is 35.9 Å². The van der Waals surface area contributed by atoms with Gasteiger partial charge in [-0.2, -0.15) is 0 Å². The Morgan fingerprint density at radius 2 is 1.72 bits per heavy atom. The van der Waals surface area contributed by atoms with Crippen LogP contribution in [0.1, 0.15) is 47.1 Å². The number of hydrogen-bond donors (Lipinski definition) is 0. The summed E-state index contributed by atoms with van der Waals surface area (Å²) < 4.78 is 36.9. The Hall–Kier alpha value is -1.29. The third-order valence-corrected chi connectivity index (χ3v) is 10.9. The molecular weight excluding hydrogens is 428 g/mol. The van der Waals surface area contributed by atoms with E-state index in [0.29, 0.717) is 13.2 Å². The average molecular weight is 467 g/mol. The van der Waals surface area contributed by atoms with Gasteiger partial charge >= 0.3 is 5.97 Å². The smallest absolute Gasteiger partial charge is 0.303 e. The molecular formula is C24H38O7Si. The lowest BCUT2D eigenvalue weighted by Gasteiger charge is -2.43. The van der Waals surface area contributed by atoms with Gasteiger partial charge in [0.05, 0.1) is 13.2 Å². The Kier molecular flexibility index (Phi) is 7.54. The minimum Gasteiger partial charge on any atom is -0.454 e. The summed E-state index contributed by atoms with van der Waals surface area (Å²) in [5, 5.41) is 0.0663. The lowest BCUT2D eigenvalue weighted by Crippen LogP contribution is -2.60. The van der Waals surface area contributed by atoms with Gasteiger partial charge in [-0.25, -0.2) is 0 Å². The molecule has 8 heteroatoms. The third kappa shape index (κ3) is 5.98. The maximum Gasteiger partial charge on any atom is 0.303 e. The summed E-state index contributed by atoms with van der Waals surface area (Å²) in [6.07, 6.45) is -2.91. The van der Waals surface area contributed by atoms with Gasteiger partial charge in [0.1, 0.15) is 18.3 Å². The van der Waals surface area contributed by atoms with E-state index < -0.39 is 50.8 Å². The lowest BCUT2D eigenvalue weighted by molar-refractivity contribution is -0.288. The Morgan fingerprint density at radius 3 is 2.31 bits per heavy atom. The second-order valence-corrected chi connectivity index (χ2v) is 15.4. The summed E-state index contributed by atoms with van der Waals surface area (Å²) in [5.74, 6) is -1.25. The highest BCUT2D eigenvalue weighted by Gasteiger charge is 2.57. The molecule has 0 aromatic heterocycles. The molecule has 0 aliphatic carbocycles. The summed E-state index contributed by atoms with van der Waals surface area (Å²) in [7, 11) is -2.01.